The molecular formula is C21H24FN3. The number of H-pyrrole nitrogens is 1. The van der Waals surface area contributed by atoms with Gasteiger partial charge in [0.15, 0.2) is 0 Å². The van der Waals surface area contributed by atoms with Gasteiger partial charge in [-0.15, -0.1) is 0 Å². The van der Waals surface area contributed by atoms with E-state index < -0.39 is 0 Å². The molecule has 0 radical (unpaired) electrons. The number of aromatic nitrogens is 1. The average Bonchev–Trinajstić information content (AvgIpc) is 3.06. The minimum atomic E-state index is -0.155. The first-order chi connectivity index (χ1) is 12.3. The van der Waals surface area contributed by atoms with Crippen LogP contribution in [0.3, 0.4) is 0 Å². The number of fused-ring (bicyclic) bond motifs is 1. The third kappa shape index (κ3) is 3.69. The van der Waals surface area contributed by atoms with E-state index in [2.05, 4.69) is 45.7 Å². The van der Waals surface area contributed by atoms with Gasteiger partial charge in [0.05, 0.1) is 0 Å². The second-order valence-corrected chi connectivity index (χ2v) is 6.84. The van der Waals surface area contributed by atoms with Crippen molar-refractivity contribution in [3.05, 3.63) is 66.1 Å². The van der Waals surface area contributed by atoms with Crippen LogP contribution < -0.4 is 5.32 Å². The highest BCUT2D eigenvalue weighted by atomic mass is 19.1. The molecule has 2 heterocycles. The molecule has 0 amide bonds. The Morgan fingerprint density at radius 1 is 1.08 bits per heavy atom. The van der Waals surface area contributed by atoms with Crippen molar-refractivity contribution in [1.82, 2.24) is 9.88 Å². The van der Waals surface area contributed by atoms with E-state index >= 15 is 0 Å². The molecule has 2 N–H and O–H groups in total. The highest BCUT2D eigenvalue weighted by Crippen LogP contribution is 2.33. The number of nitrogens with zero attached hydrogens (tertiary/aromatic N) is 1. The molecule has 3 aromatic rings. The van der Waals surface area contributed by atoms with Gasteiger partial charge < -0.3 is 15.2 Å². The first kappa shape index (κ1) is 16.2. The molecule has 1 saturated heterocycles. The summed E-state index contributed by atoms with van der Waals surface area (Å²) in [5.41, 5.74) is 3.49. The lowest BCUT2D eigenvalue weighted by Crippen LogP contribution is -2.36. The maximum Gasteiger partial charge on any atom is 0.123 e. The highest BCUT2D eigenvalue weighted by Gasteiger charge is 2.22. The first-order valence-electron chi connectivity index (χ1n) is 9.07. The van der Waals surface area contributed by atoms with Crippen molar-refractivity contribution in [2.45, 2.75) is 18.8 Å². The molecule has 2 aromatic carbocycles. The lowest BCUT2D eigenvalue weighted by Gasteiger charge is -2.32. The van der Waals surface area contributed by atoms with Crippen molar-refractivity contribution >= 4 is 16.6 Å². The van der Waals surface area contributed by atoms with Crippen molar-refractivity contribution in [3.63, 3.8) is 0 Å². The van der Waals surface area contributed by atoms with Crippen molar-refractivity contribution in [1.29, 1.82) is 0 Å². The number of nitrogens with one attached hydrogen (secondary N) is 2. The van der Waals surface area contributed by atoms with Crippen molar-refractivity contribution in [2.24, 2.45) is 0 Å². The van der Waals surface area contributed by atoms with Gasteiger partial charge in [-0.2, -0.15) is 0 Å². The summed E-state index contributed by atoms with van der Waals surface area (Å²) in [4.78, 5) is 5.80. The largest absolute Gasteiger partial charge is 0.384 e. The maximum absolute atomic E-state index is 13.6. The van der Waals surface area contributed by atoms with Crippen molar-refractivity contribution in [2.75, 3.05) is 31.5 Å². The standard InChI is InChI=1S/C21H24FN3/c22-17-6-7-21-19(14-17)20(15-24-21)16-8-11-25(12-9-16)13-10-23-18-4-2-1-3-5-18/h1-7,14-16,23-24H,8-13H2. The van der Waals surface area contributed by atoms with Crippen LogP contribution in [0.1, 0.15) is 24.3 Å². The normalized spacial score (nSPS) is 16.4. The number of halogens is 1. The van der Waals surface area contributed by atoms with Gasteiger partial charge in [0.25, 0.3) is 0 Å². The van der Waals surface area contributed by atoms with E-state index in [1.807, 2.05) is 12.1 Å². The van der Waals surface area contributed by atoms with Gasteiger partial charge in [0.2, 0.25) is 0 Å². The van der Waals surface area contributed by atoms with Crippen LogP contribution in [0.4, 0.5) is 10.1 Å². The second kappa shape index (κ2) is 7.28. The van der Waals surface area contributed by atoms with Crippen molar-refractivity contribution in [3.8, 4) is 0 Å². The molecule has 0 spiro atoms. The fourth-order valence-corrected chi connectivity index (χ4v) is 3.83. The molecular weight excluding hydrogens is 313 g/mol. The Hall–Kier alpha value is -2.33. The topological polar surface area (TPSA) is 31.1 Å². The Labute approximate surface area is 147 Å². The molecule has 4 rings (SSSR count). The van der Waals surface area contributed by atoms with E-state index in [-0.39, 0.29) is 5.82 Å². The van der Waals surface area contributed by atoms with Crippen LogP contribution >= 0.6 is 0 Å². The third-order valence-electron chi connectivity index (χ3n) is 5.23. The summed E-state index contributed by atoms with van der Waals surface area (Å²) in [6.45, 7) is 4.23. The van der Waals surface area contributed by atoms with Gasteiger partial charge in [-0.05, 0) is 67.7 Å². The van der Waals surface area contributed by atoms with E-state index in [0.29, 0.717) is 5.92 Å². The van der Waals surface area contributed by atoms with Crippen LogP contribution in [0.2, 0.25) is 0 Å². The summed E-state index contributed by atoms with van der Waals surface area (Å²) in [5, 5.41) is 4.52. The number of hydrogen-bond donors (Lipinski definition) is 2. The Kier molecular flexibility index (Phi) is 4.70. The Morgan fingerprint density at radius 2 is 1.88 bits per heavy atom. The molecule has 130 valence electrons. The van der Waals surface area contributed by atoms with Gasteiger partial charge in [-0.1, -0.05) is 18.2 Å². The first-order valence-corrected chi connectivity index (χ1v) is 9.07. The van der Waals surface area contributed by atoms with Crippen LogP contribution in [0, 0.1) is 5.82 Å². The fraction of sp³-hybridized carbons (Fsp3) is 0.333. The number of aromatic amines is 1. The zero-order valence-electron chi connectivity index (χ0n) is 14.3. The number of anilines is 1. The number of likely N-dealkylation sites (tertiary alicyclic amines) is 1. The second-order valence-electron chi connectivity index (χ2n) is 6.84. The monoisotopic (exact) mass is 337 g/mol. The minimum Gasteiger partial charge on any atom is -0.384 e. The molecule has 4 heteroatoms. The lowest BCUT2D eigenvalue weighted by atomic mass is 9.89. The minimum absolute atomic E-state index is 0.155. The Balaban J connectivity index is 1.31. The van der Waals surface area contributed by atoms with Crippen LogP contribution in [0.15, 0.2) is 54.7 Å². The van der Waals surface area contributed by atoms with Gasteiger partial charge in [-0.25, -0.2) is 4.39 Å². The number of rotatable bonds is 5. The number of piperidine rings is 1. The summed E-state index contributed by atoms with van der Waals surface area (Å²) in [5.74, 6) is 0.367. The summed E-state index contributed by atoms with van der Waals surface area (Å²) in [6, 6.07) is 15.4. The molecule has 1 aliphatic heterocycles. The fourth-order valence-electron chi connectivity index (χ4n) is 3.83. The molecule has 3 nitrogen and oxygen atoms in total. The molecule has 0 atom stereocenters. The van der Waals surface area contributed by atoms with Crippen LogP contribution in [-0.4, -0.2) is 36.1 Å². The predicted octanol–water partition coefficient (Wildman–Crippen LogP) is 4.60. The van der Waals surface area contributed by atoms with E-state index in [9.17, 15) is 4.39 Å². The van der Waals surface area contributed by atoms with Crippen molar-refractivity contribution < 1.29 is 4.39 Å². The number of para-hydroxylation sites is 1. The average molecular weight is 337 g/mol. The van der Waals surface area contributed by atoms with Gasteiger partial charge in [0, 0.05) is 35.9 Å². The zero-order chi connectivity index (χ0) is 17.1. The molecule has 1 aliphatic rings. The molecule has 1 aromatic heterocycles. The van der Waals surface area contributed by atoms with Crippen LogP contribution in [-0.2, 0) is 0 Å². The Bertz CT molecular complexity index is 820. The summed E-state index contributed by atoms with van der Waals surface area (Å²) >= 11 is 0. The van der Waals surface area contributed by atoms with Gasteiger partial charge in [0.1, 0.15) is 5.82 Å². The van der Waals surface area contributed by atoms with E-state index in [0.717, 1.165) is 49.9 Å². The lowest BCUT2D eigenvalue weighted by molar-refractivity contribution is 0.220. The van der Waals surface area contributed by atoms with Crippen LogP contribution in [0.25, 0.3) is 10.9 Å². The predicted molar refractivity (Wildman–Crippen MR) is 102 cm³/mol. The highest BCUT2D eigenvalue weighted by molar-refractivity contribution is 5.83. The number of hydrogen-bond acceptors (Lipinski definition) is 2. The Morgan fingerprint density at radius 3 is 2.68 bits per heavy atom. The van der Waals surface area contributed by atoms with Gasteiger partial charge in [-0.3, -0.25) is 0 Å². The van der Waals surface area contributed by atoms with E-state index in [1.54, 1.807) is 6.07 Å². The molecule has 0 unspecified atom stereocenters. The molecule has 0 saturated carbocycles. The molecule has 1 fully saturated rings. The van der Waals surface area contributed by atoms with Gasteiger partial charge >= 0.3 is 0 Å². The molecule has 0 aliphatic carbocycles. The third-order valence-corrected chi connectivity index (χ3v) is 5.23. The zero-order valence-corrected chi connectivity index (χ0v) is 14.3. The summed E-state index contributed by atoms with van der Waals surface area (Å²) in [7, 11) is 0. The number of benzene rings is 2. The van der Waals surface area contributed by atoms with E-state index in [4.69, 9.17) is 0 Å². The van der Waals surface area contributed by atoms with E-state index in [1.165, 1.54) is 17.3 Å². The SMILES string of the molecule is Fc1ccc2[nH]cc(C3CCN(CCNc4ccccc4)CC3)c2c1. The molecule has 0 bridgehead atoms. The van der Waals surface area contributed by atoms with Crippen LogP contribution in [0.5, 0.6) is 0 Å². The molecule has 25 heavy (non-hydrogen) atoms. The smallest absolute Gasteiger partial charge is 0.123 e. The summed E-state index contributed by atoms with van der Waals surface area (Å²) in [6.07, 6.45) is 4.34. The summed E-state index contributed by atoms with van der Waals surface area (Å²) < 4.78 is 13.6. The quantitative estimate of drug-likeness (QED) is 0.713. The maximum atomic E-state index is 13.6.